The van der Waals surface area contributed by atoms with Crippen molar-refractivity contribution in [3.63, 3.8) is 0 Å². The van der Waals surface area contributed by atoms with Crippen LogP contribution in [0.15, 0.2) is 24.5 Å². The predicted octanol–water partition coefficient (Wildman–Crippen LogP) is 0.910. The van der Waals surface area contributed by atoms with Crippen LogP contribution in [0, 0.1) is 0 Å². The number of nitrogens with zero attached hydrogens (tertiary/aromatic N) is 3. The summed E-state index contributed by atoms with van der Waals surface area (Å²) in [4.78, 5) is 4.44. The van der Waals surface area contributed by atoms with Crippen LogP contribution in [0.5, 0.6) is 0 Å². The number of nitrogens with one attached hydrogen (secondary N) is 2. The van der Waals surface area contributed by atoms with Crippen LogP contribution in [0.4, 0.5) is 5.82 Å². The highest BCUT2D eigenvalue weighted by atomic mass is 16.5. The van der Waals surface area contributed by atoms with Crippen LogP contribution in [0.1, 0.15) is 12.8 Å². The lowest BCUT2D eigenvalue weighted by molar-refractivity contribution is 0.0394. The molecule has 0 amide bonds. The number of anilines is 1. The molecule has 0 spiro atoms. The lowest BCUT2D eigenvalue weighted by Crippen LogP contribution is -2.33. The summed E-state index contributed by atoms with van der Waals surface area (Å²) in [5.74, 6) is 0.863. The van der Waals surface area contributed by atoms with Crippen LogP contribution in [0.2, 0.25) is 0 Å². The first-order chi connectivity index (χ1) is 9.42. The maximum absolute atomic E-state index is 5.83. The average molecular weight is 261 g/mol. The highest BCUT2D eigenvalue weighted by Crippen LogP contribution is 2.08. The Morgan fingerprint density at radius 1 is 1.37 bits per heavy atom. The van der Waals surface area contributed by atoms with E-state index in [1.54, 1.807) is 10.7 Å². The Hall–Kier alpha value is -1.66. The van der Waals surface area contributed by atoms with E-state index >= 15 is 0 Å². The van der Waals surface area contributed by atoms with Gasteiger partial charge >= 0.3 is 0 Å². The first-order valence-corrected chi connectivity index (χ1v) is 6.78. The van der Waals surface area contributed by atoms with Crippen LogP contribution in [-0.4, -0.2) is 46.9 Å². The van der Waals surface area contributed by atoms with Crippen molar-refractivity contribution in [1.29, 1.82) is 0 Å². The zero-order chi connectivity index (χ0) is 12.9. The summed E-state index contributed by atoms with van der Waals surface area (Å²) in [6.45, 7) is 3.63. The lowest BCUT2D eigenvalue weighted by Gasteiger charge is -2.22. The minimum atomic E-state index is 0.410. The second-order valence-electron chi connectivity index (χ2n) is 4.69. The Labute approximate surface area is 112 Å². The molecule has 2 aromatic rings. The summed E-state index contributed by atoms with van der Waals surface area (Å²) >= 11 is 0. The van der Waals surface area contributed by atoms with Gasteiger partial charge in [-0.1, -0.05) is 0 Å². The number of hydrogen-bond donors (Lipinski definition) is 2. The second kappa shape index (κ2) is 5.99. The molecule has 0 unspecified atom stereocenters. The molecule has 1 fully saturated rings. The molecule has 102 valence electrons. The Kier molecular flexibility index (Phi) is 3.90. The van der Waals surface area contributed by atoms with Gasteiger partial charge in [0.1, 0.15) is 5.82 Å². The van der Waals surface area contributed by atoms with Crippen molar-refractivity contribution < 1.29 is 4.74 Å². The molecule has 0 bridgehead atoms. The standard InChI is InChI=1S/C13H19N5O/c1-5-14-6-2-11(1)19-10-8-15-12-4-9-18-13(17-12)3-7-16-18/h3-4,7,9,11,14H,1-2,5-6,8,10H2,(H,15,17). The first kappa shape index (κ1) is 12.4. The summed E-state index contributed by atoms with van der Waals surface area (Å²) in [6, 6.07) is 3.81. The van der Waals surface area contributed by atoms with Crippen molar-refractivity contribution in [2.45, 2.75) is 18.9 Å². The zero-order valence-corrected chi connectivity index (χ0v) is 10.9. The number of hydrogen-bond acceptors (Lipinski definition) is 5. The van der Waals surface area contributed by atoms with E-state index in [9.17, 15) is 0 Å². The van der Waals surface area contributed by atoms with Gasteiger partial charge in [-0.05, 0) is 32.0 Å². The van der Waals surface area contributed by atoms with Gasteiger partial charge in [0.15, 0.2) is 5.65 Å². The molecule has 6 heteroatoms. The molecule has 3 rings (SSSR count). The van der Waals surface area contributed by atoms with Crippen molar-refractivity contribution in [2.24, 2.45) is 0 Å². The number of fused-ring (bicyclic) bond motifs is 1. The summed E-state index contributed by atoms with van der Waals surface area (Å²) in [7, 11) is 0. The zero-order valence-electron chi connectivity index (χ0n) is 10.9. The van der Waals surface area contributed by atoms with E-state index in [0.29, 0.717) is 6.10 Å². The Morgan fingerprint density at radius 2 is 2.26 bits per heavy atom. The van der Waals surface area contributed by atoms with E-state index in [2.05, 4.69) is 20.7 Å². The largest absolute Gasteiger partial charge is 0.376 e. The molecule has 0 aromatic carbocycles. The van der Waals surface area contributed by atoms with E-state index in [0.717, 1.165) is 50.5 Å². The molecule has 0 aliphatic carbocycles. The summed E-state index contributed by atoms with van der Waals surface area (Å²) < 4.78 is 7.58. The quantitative estimate of drug-likeness (QED) is 0.783. The molecule has 2 N–H and O–H groups in total. The van der Waals surface area contributed by atoms with Crippen LogP contribution in [0.25, 0.3) is 5.65 Å². The topological polar surface area (TPSA) is 63.5 Å². The minimum Gasteiger partial charge on any atom is -0.376 e. The number of ether oxygens (including phenoxy) is 1. The molecule has 2 aromatic heterocycles. The van der Waals surface area contributed by atoms with Gasteiger partial charge in [-0.3, -0.25) is 0 Å². The van der Waals surface area contributed by atoms with Gasteiger partial charge in [0.2, 0.25) is 0 Å². The van der Waals surface area contributed by atoms with Crippen LogP contribution >= 0.6 is 0 Å². The smallest absolute Gasteiger partial charge is 0.157 e. The maximum atomic E-state index is 5.83. The lowest BCUT2D eigenvalue weighted by atomic mass is 10.1. The normalized spacial score (nSPS) is 16.8. The molecule has 1 aliphatic heterocycles. The minimum absolute atomic E-state index is 0.410. The fourth-order valence-electron chi connectivity index (χ4n) is 2.28. The molecule has 6 nitrogen and oxygen atoms in total. The molecular formula is C13H19N5O. The number of rotatable bonds is 5. The molecular weight excluding hydrogens is 242 g/mol. The summed E-state index contributed by atoms with van der Waals surface area (Å²) in [5, 5.41) is 10.7. The molecule has 0 saturated carbocycles. The molecule has 1 saturated heterocycles. The SMILES string of the molecule is c1cc2nc(NCCOC3CCNCC3)ccn2n1. The molecule has 3 heterocycles. The third-order valence-electron chi connectivity index (χ3n) is 3.31. The Bertz CT molecular complexity index is 520. The molecule has 19 heavy (non-hydrogen) atoms. The molecule has 0 atom stereocenters. The van der Waals surface area contributed by atoms with Crippen molar-refractivity contribution >= 4 is 11.5 Å². The van der Waals surface area contributed by atoms with Crippen molar-refractivity contribution in [3.05, 3.63) is 24.5 Å². The Balaban J connectivity index is 1.43. The third kappa shape index (κ3) is 3.21. The van der Waals surface area contributed by atoms with Crippen molar-refractivity contribution in [2.75, 3.05) is 31.6 Å². The van der Waals surface area contributed by atoms with E-state index in [4.69, 9.17) is 4.74 Å². The Morgan fingerprint density at radius 3 is 3.16 bits per heavy atom. The fourth-order valence-corrected chi connectivity index (χ4v) is 2.28. The van der Waals surface area contributed by atoms with E-state index in [1.165, 1.54) is 0 Å². The summed E-state index contributed by atoms with van der Waals surface area (Å²) in [5.41, 5.74) is 0.851. The van der Waals surface area contributed by atoms with Crippen LogP contribution in [0.3, 0.4) is 0 Å². The van der Waals surface area contributed by atoms with E-state index in [-0.39, 0.29) is 0 Å². The maximum Gasteiger partial charge on any atom is 0.157 e. The van der Waals surface area contributed by atoms with Crippen molar-refractivity contribution in [1.82, 2.24) is 19.9 Å². The monoisotopic (exact) mass is 261 g/mol. The van der Waals surface area contributed by atoms with Gasteiger partial charge in [-0.25, -0.2) is 9.50 Å². The highest BCUT2D eigenvalue weighted by molar-refractivity contribution is 5.45. The van der Waals surface area contributed by atoms with Crippen LogP contribution < -0.4 is 10.6 Å². The average Bonchev–Trinajstić information content (AvgIpc) is 2.92. The van der Waals surface area contributed by atoms with E-state index in [1.807, 2.05) is 18.3 Å². The van der Waals surface area contributed by atoms with Crippen LogP contribution in [-0.2, 0) is 4.74 Å². The van der Waals surface area contributed by atoms with Gasteiger partial charge < -0.3 is 15.4 Å². The predicted molar refractivity (Wildman–Crippen MR) is 73.3 cm³/mol. The molecule has 1 aliphatic rings. The number of piperidine rings is 1. The fraction of sp³-hybridized carbons (Fsp3) is 0.538. The highest BCUT2D eigenvalue weighted by Gasteiger charge is 2.12. The molecule has 0 radical (unpaired) electrons. The van der Waals surface area contributed by atoms with Gasteiger partial charge in [0.25, 0.3) is 0 Å². The van der Waals surface area contributed by atoms with Gasteiger partial charge in [0, 0.05) is 18.8 Å². The summed E-state index contributed by atoms with van der Waals surface area (Å²) in [6.07, 6.45) is 6.28. The van der Waals surface area contributed by atoms with Gasteiger partial charge in [-0.15, -0.1) is 0 Å². The van der Waals surface area contributed by atoms with Gasteiger partial charge in [0.05, 0.1) is 18.9 Å². The third-order valence-corrected chi connectivity index (χ3v) is 3.31. The first-order valence-electron chi connectivity index (χ1n) is 6.78. The van der Waals surface area contributed by atoms with E-state index < -0.39 is 0 Å². The van der Waals surface area contributed by atoms with Gasteiger partial charge in [-0.2, -0.15) is 5.10 Å². The number of aromatic nitrogens is 3. The second-order valence-corrected chi connectivity index (χ2v) is 4.69. The van der Waals surface area contributed by atoms with Crippen molar-refractivity contribution in [3.8, 4) is 0 Å².